The molecule has 0 saturated carbocycles. The van der Waals surface area contributed by atoms with Crippen LogP contribution in [0.15, 0.2) is 18.2 Å². The molecule has 1 aliphatic heterocycles. The van der Waals surface area contributed by atoms with Crippen LogP contribution in [0.25, 0.3) is 0 Å². The number of methoxy groups -OCH3 is 2. The van der Waals surface area contributed by atoms with Crippen LogP contribution in [-0.2, 0) is 15.9 Å². The van der Waals surface area contributed by atoms with Crippen molar-refractivity contribution in [3.05, 3.63) is 29.6 Å². The van der Waals surface area contributed by atoms with Crippen molar-refractivity contribution < 1.29 is 18.6 Å². The topological polar surface area (TPSA) is 27.7 Å². The van der Waals surface area contributed by atoms with E-state index in [2.05, 4.69) is 0 Å². The molecule has 0 aliphatic carbocycles. The van der Waals surface area contributed by atoms with E-state index in [9.17, 15) is 4.39 Å². The van der Waals surface area contributed by atoms with E-state index in [4.69, 9.17) is 14.2 Å². The van der Waals surface area contributed by atoms with Gasteiger partial charge in [0.25, 0.3) is 0 Å². The Hall–Kier alpha value is -1.13. The smallest absolute Gasteiger partial charge is 0.156 e. The van der Waals surface area contributed by atoms with Crippen molar-refractivity contribution in [2.45, 2.75) is 18.4 Å². The summed E-state index contributed by atoms with van der Waals surface area (Å²) in [6, 6.07) is 4.61. The van der Waals surface area contributed by atoms with Crippen LogP contribution in [0.4, 0.5) is 4.39 Å². The van der Waals surface area contributed by atoms with Crippen molar-refractivity contribution in [2.75, 3.05) is 27.4 Å². The Bertz CT molecular complexity index is 386. The van der Waals surface area contributed by atoms with E-state index in [-0.39, 0.29) is 5.82 Å². The maximum Gasteiger partial charge on any atom is 0.156 e. The number of halogens is 1. The van der Waals surface area contributed by atoms with Crippen LogP contribution in [0.5, 0.6) is 5.75 Å². The lowest BCUT2D eigenvalue weighted by Gasteiger charge is -2.37. The highest BCUT2D eigenvalue weighted by Gasteiger charge is 2.36. The molecule has 0 bridgehead atoms. The van der Waals surface area contributed by atoms with Crippen molar-refractivity contribution in [3.63, 3.8) is 0 Å². The van der Waals surface area contributed by atoms with Gasteiger partial charge in [-0.15, -0.1) is 0 Å². The molecule has 0 atom stereocenters. The SMILES string of the molecule is COCC1(COC)CCc2cc(F)ccc2O1. The van der Waals surface area contributed by atoms with E-state index in [1.54, 1.807) is 20.3 Å². The Labute approximate surface area is 100 Å². The predicted octanol–water partition coefficient (Wildman–Crippen LogP) is 2.18. The summed E-state index contributed by atoms with van der Waals surface area (Å²) in [5.74, 6) is 0.505. The molecule has 0 aromatic heterocycles. The third-order valence-electron chi connectivity index (χ3n) is 3.01. The van der Waals surface area contributed by atoms with Gasteiger partial charge in [0.05, 0.1) is 13.2 Å². The van der Waals surface area contributed by atoms with E-state index in [0.29, 0.717) is 13.2 Å². The summed E-state index contributed by atoms with van der Waals surface area (Å²) >= 11 is 0. The number of hydrogen-bond donors (Lipinski definition) is 0. The van der Waals surface area contributed by atoms with Crippen LogP contribution in [0.1, 0.15) is 12.0 Å². The Morgan fingerprint density at radius 3 is 2.65 bits per heavy atom. The minimum absolute atomic E-state index is 0.224. The lowest BCUT2D eigenvalue weighted by molar-refractivity contribution is -0.0703. The summed E-state index contributed by atoms with van der Waals surface area (Å²) < 4.78 is 29.4. The fourth-order valence-corrected chi connectivity index (χ4v) is 2.26. The quantitative estimate of drug-likeness (QED) is 0.807. The molecule has 0 fully saturated rings. The molecular formula is C13H17FO3. The molecule has 4 heteroatoms. The van der Waals surface area contributed by atoms with E-state index in [0.717, 1.165) is 24.2 Å². The largest absolute Gasteiger partial charge is 0.482 e. The van der Waals surface area contributed by atoms with E-state index >= 15 is 0 Å². The maximum absolute atomic E-state index is 13.1. The van der Waals surface area contributed by atoms with Crippen molar-refractivity contribution in [2.24, 2.45) is 0 Å². The minimum Gasteiger partial charge on any atom is -0.482 e. The molecule has 0 spiro atoms. The van der Waals surface area contributed by atoms with Gasteiger partial charge in [-0.3, -0.25) is 0 Å². The normalized spacial score (nSPS) is 17.4. The molecular weight excluding hydrogens is 223 g/mol. The zero-order valence-electron chi connectivity index (χ0n) is 10.2. The molecule has 1 heterocycles. The zero-order chi connectivity index (χ0) is 12.3. The van der Waals surface area contributed by atoms with Crippen LogP contribution in [-0.4, -0.2) is 33.0 Å². The number of hydrogen-bond acceptors (Lipinski definition) is 3. The average Bonchev–Trinajstić information content (AvgIpc) is 2.30. The summed E-state index contributed by atoms with van der Waals surface area (Å²) in [7, 11) is 3.28. The Morgan fingerprint density at radius 2 is 2.00 bits per heavy atom. The van der Waals surface area contributed by atoms with Gasteiger partial charge in [-0.1, -0.05) is 0 Å². The zero-order valence-corrected chi connectivity index (χ0v) is 10.2. The predicted molar refractivity (Wildman–Crippen MR) is 61.8 cm³/mol. The second kappa shape index (κ2) is 5.02. The molecule has 17 heavy (non-hydrogen) atoms. The molecule has 0 radical (unpaired) electrons. The fraction of sp³-hybridized carbons (Fsp3) is 0.538. The van der Waals surface area contributed by atoms with Gasteiger partial charge < -0.3 is 14.2 Å². The molecule has 1 aromatic rings. The Kier molecular flexibility index (Phi) is 3.64. The molecule has 2 rings (SSSR count). The van der Waals surface area contributed by atoms with Crippen LogP contribution < -0.4 is 4.74 Å². The molecule has 94 valence electrons. The van der Waals surface area contributed by atoms with Gasteiger partial charge in [0.15, 0.2) is 5.60 Å². The number of fused-ring (bicyclic) bond motifs is 1. The summed E-state index contributed by atoms with van der Waals surface area (Å²) in [6.07, 6.45) is 1.55. The highest BCUT2D eigenvalue weighted by atomic mass is 19.1. The second-order valence-electron chi connectivity index (χ2n) is 4.40. The lowest BCUT2D eigenvalue weighted by atomic mass is 9.92. The highest BCUT2D eigenvalue weighted by Crippen LogP contribution is 2.34. The number of benzene rings is 1. The Morgan fingerprint density at radius 1 is 1.29 bits per heavy atom. The van der Waals surface area contributed by atoms with Gasteiger partial charge >= 0.3 is 0 Å². The molecule has 3 nitrogen and oxygen atoms in total. The number of rotatable bonds is 4. The monoisotopic (exact) mass is 240 g/mol. The summed E-state index contributed by atoms with van der Waals surface area (Å²) in [4.78, 5) is 0. The molecule has 0 amide bonds. The molecule has 0 N–H and O–H groups in total. The summed E-state index contributed by atoms with van der Waals surface area (Å²) in [6.45, 7) is 0.940. The average molecular weight is 240 g/mol. The van der Waals surface area contributed by atoms with Gasteiger partial charge in [-0.2, -0.15) is 0 Å². The molecule has 1 aromatic carbocycles. The minimum atomic E-state index is -0.450. The van der Waals surface area contributed by atoms with Crippen LogP contribution in [0.3, 0.4) is 0 Å². The first-order valence-corrected chi connectivity index (χ1v) is 5.64. The highest BCUT2D eigenvalue weighted by molar-refractivity contribution is 5.36. The standard InChI is InChI=1S/C13H17FO3/c1-15-8-13(9-16-2)6-5-10-7-11(14)3-4-12(10)17-13/h3-4,7H,5-6,8-9H2,1-2H3. The number of ether oxygens (including phenoxy) is 3. The van der Waals surface area contributed by atoms with E-state index in [1.807, 2.05) is 0 Å². The molecule has 1 aliphatic rings. The summed E-state index contributed by atoms with van der Waals surface area (Å²) in [5.41, 5.74) is 0.460. The first-order valence-electron chi connectivity index (χ1n) is 5.64. The van der Waals surface area contributed by atoms with Gasteiger partial charge in [0, 0.05) is 14.2 Å². The van der Waals surface area contributed by atoms with Gasteiger partial charge in [-0.05, 0) is 36.6 Å². The summed E-state index contributed by atoms with van der Waals surface area (Å²) in [5, 5.41) is 0. The van der Waals surface area contributed by atoms with Gasteiger partial charge in [0.1, 0.15) is 11.6 Å². The third-order valence-corrected chi connectivity index (χ3v) is 3.01. The lowest BCUT2D eigenvalue weighted by Crippen LogP contribution is -2.47. The first-order chi connectivity index (χ1) is 8.19. The van der Waals surface area contributed by atoms with Gasteiger partial charge in [-0.25, -0.2) is 4.39 Å². The van der Waals surface area contributed by atoms with Gasteiger partial charge in [0.2, 0.25) is 0 Å². The van der Waals surface area contributed by atoms with E-state index in [1.165, 1.54) is 12.1 Å². The third kappa shape index (κ3) is 2.58. The second-order valence-corrected chi connectivity index (χ2v) is 4.40. The van der Waals surface area contributed by atoms with Crippen molar-refractivity contribution in [1.82, 2.24) is 0 Å². The van der Waals surface area contributed by atoms with Crippen LogP contribution in [0.2, 0.25) is 0 Å². The maximum atomic E-state index is 13.1. The number of aryl methyl sites for hydroxylation is 1. The fourth-order valence-electron chi connectivity index (χ4n) is 2.26. The Balaban J connectivity index is 2.23. The molecule has 0 unspecified atom stereocenters. The van der Waals surface area contributed by atoms with Crippen molar-refractivity contribution >= 4 is 0 Å². The van der Waals surface area contributed by atoms with Crippen molar-refractivity contribution in [1.29, 1.82) is 0 Å². The van der Waals surface area contributed by atoms with Crippen LogP contribution in [0, 0.1) is 5.82 Å². The molecule has 0 saturated heterocycles. The van der Waals surface area contributed by atoms with Crippen molar-refractivity contribution in [3.8, 4) is 5.75 Å². The first kappa shape index (κ1) is 12.3. The van der Waals surface area contributed by atoms with Crippen LogP contribution >= 0.6 is 0 Å². The van der Waals surface area contributed by atoms with E-state index < -0.39 is 5.60 Å².